The molecule has 0 spiro atoms. The van der Waals surface area contributed by atoms with Crippen LogP contribution in [0.2, 0.25) is 0 Å². The van der Waals surface area contributed by atoms with Crippen molar-refractivity contribution in [2.45, 2.75) is 78.1 Å². The quantitative estimate of drug-likeness (QED) is 0.184. The van der Waals surface area contributed by atoms with Crippen LogP contribution in [0.5, 0.6) is 0 Å². The van der Waals surface area contributed by atoms with Gasteiger partial charge in [-0.1, -0.05) is 44.8 Å². The van der Waals surface area contributed by atoms with E-state index in [1.54, 1.807) is 13.1 Å². The SMILES string of the molecule is C=C(C)Cc1c(F)cc(CCCCC(CCCCN)CC/N=C\C(=C/N)CC)cc1F. The second kappa shape index (κ2) is 15.7. The first-order chi connectivity index (χ1) is 14.9. The first kappa shape index (κ1) is 27.0. The highest BCUT2D eigenvalue weighted by atomic mass is 19.1. The predicted octanol–water partition coefficient (Wildman–Crippen LogP) is 6.25. The molecule has 0 radical (unpaired) electrons. The van der Waals surface area contributed by atoms with E-state index in [4.69, 9.17) is 11.5 Å². The van der Waals surface area contributed by atoms with Crippen molar-refractivity contribution in [2.75, 3.05) is 13.1 Å². The molecule has 174 valence electrons. The van der Waals surface area contributed by atoms with E-state index in [1.165, 1.54) is 12.1 Å². The van der Waals surface area contributed by atoms with Gasteiger partial charge >= 0.3 is 0 Å². The monoisotopic (exact) mass is 433 g/mol. The van der Waals surface area contributed by atoms with Gasteiger partial charge < -0.3 is 11.5 Å². The normalized spacial score (nSPS) is 13.1. The topological polar surface area (TPSA) is 64.4 Å². The number of halogens is 2. The van der Waals surface area contributed by atoms with Crippen LogP contribution < -0.4 is 11.5 Å². The molecule has 4 N–H and O–H groups in total. The minimum absolute atomic E-state index is 0.118. The number of nitrogens with two attached hydrogens (primary N) is 2. The van der Waals surface area contributed by atoms with Crippen molar-refractivity contribution in [3.8, 4) is 0 Å². The Bertz CT molecular complexity index is 702. The summed E-state index contributed by atoms with van der Waals surface area (Å²) in [5.41, 5.74) is 13.9. The molecular weight excluding hydrogens is 392 g/mol. The maximum absolute atomic E-state index is 14.2. The molecule has 0 saturated heterocycles. The van der Waals surface area contributed by atoms with E-state index in [2.05, 4.69) is 18.5 Å². The molecule has 31 heavy (non-hydrogen) atoms. The molecule has 1 unspecified atom stereocenters. The van der Waals surface area contributed by atoms with Crippen LogP contribution >= 0.6 is 0 Å². The molecule has 0 aliphatic heterocycles. The van der Waals surface area contributed by atoms with Crippen LogP contribution in [0.1, 0.15) is 76.3 Å². The number of allylic oxidation sites excluding steroid dienone is 2. The standard InChI is InChI=1S/C26H41F2N3/c1-4-21(18-30)19-31-14-12-22(10-7-8-13-29)9-5-6-11-23-16-25(27)24(15-20(2)3)26(28)17-23/h16-19,22H,2,4-15,29-30H2,1,3H3/b21-18-,31-19-. The second-order valence-electron chi connectivity index (χ2n) is 8.49. The highest BCUT2D eigenvalue weighted by Gasteiger charge is 2.12. The number of rotatable bonds is 16. The first-order valence-electron chi connectivity index (χ1n) is 11.6. The number of unbranched alkanes of at least 4 members (excludes halogenated alkanes) is 2. The lowest BCUT2D eigenvalue weighted by Crippen LogP contribution is -2.06. The Kier molecular flexibility index (Phi) is 13.7. The molecule has 1 aromatic rings. The van der Waals surface area contributed by atoms with Gasteiger partial charge in [-0.2, -0.15) is 0 Å². The van der Waals surface area contributed by atoms with Gasteiger partial charge in [-0.05, 0) is 87.4 Å². The average molecular weight is 434 g/mol. The Labute approximate surface area is 187 Å². The molecule has 0 aliphatic rings. The van der Waals surface area contributed by atoms with Crippen LogP contribution in [-0.4, -0.2) is 19.3 Å². The van der Waals surface area contributed by atoms with Crippen LogP contribution in [-0.2, 0) is 12.8 Å². The fourth-order valence-electron chi connectivity index (χ4n) is 3.73. The maximum atomic E-state index is 14.2. The molecule has 0 saturated carbocycles. The van der Waals surface area contributed by atoms with Crippen molar-refractivity contribution in [1.29, 1.82) is 0 Å². The summed E-state index contributed by atoms with van der Waals surface area (Å²) in [5, 5.41) is 0. The van der Waals surface area contributed by atoms with Gasteiger partial charge in [0.25, 0.3) is 0 Å². The fourth-order valence-corrected chi connectivity index (χ4v) is 3.73. The smallest absolute Gasteiger partial charge is 0.129 e. The van der Waals surface area contributed by atoms with Gasteiger partial charge in [0, 0.05) is 18.3 Å². The van der Waals surface area contributed by atoms with Crippen molar-refractivity contribution in [1.82, 2.24) is 0 Å². The van der Waals surface area contributed by atoms with Crippen molar-refractivity contribution in [2.24, 2.45) is 22.4 Å². The number of aryl methyl sites for hydroxylation is 1. The molecule has 0 aromatic heterocycles. The third-order valence-corrected chi connectivity index (χ3v) is 5.62. The third kappa shape index (κ3) is 11.3. The number of hydrogen-bond acceptors (Lipinski definition) is 3. The summed E-state index contributed by atoms with van der Waals surface area (Å²) in [6.07, 6.45) is 12.7. The lowest BCUT2D eigenvalue weighted by atomic mass is 9.91. The van der Waals surface area contributed by atoms with Crippen LogP contribution in [0.3, 0.4) is 0 Å². The van der Waals surface area contributed by atoms with Gasteiger partial charge in [0.1, 0.15) is 11.6 Å². The predicted molar refractivity (Wildman–Crippen MR) is 129 cm³/mol. The van der Waals surface area contributed by atoms with Crippen molar-refractivity contribution in [3.05, 3.63) is 58.8 Å². The largest absolute Gasteiger partial charge is 0.404 e. The van der Waals surface area contributed by atoms with E-state index in [0.29, 0.717) is 12.3 Å². The molecule has 0 fully saturated rings. The minimum atomic E-state index is -0.464. The molecule has 0 heterocycles. The summed E-state index contributed by atoms with van der Waals surface area (Å²) in [4.78, 5) is 4.52. The molecule has 0 amide bonds. The summed E-state index contributed by atoms with van der Waals surface area (Å²) in [6.45, 7) is 9.11. The Morgan fingerprint density at radius 2 is 1.74 bits per heavy atom. The van der Waals surface area contributed by atoms with Crippen LogP contribution in [0.25, 0.3) is 0 Å². The van der Waals surface area contributed by atoms with Gasteiger partial charge in [0.2, 0.25) is 0 Å². The van der Waals surface area contributed by atoms with Crippen LogP contribution in [0.4, 0.5) is 8.78 Å². The van der Waals surface area contributed by atoms with E-state index in [0.717, 1.165) is 81.2 Å². The zero-order valence-corrected chi connectivity index (χ0v) is 19.4. The molecule has 1 aromatic carbocycles. The maximum Gasteiger partial charge on any atom is 0.129 e. The van der Waals surface area contributed by atoms with E-state index in [-0.39, 0.29) is 12.0 Å². The van der Waals surface area contributed by atoms with Gasteiger partial charge in [-0.3, -0.25) is 4.99 Å². The summed E-state index contributed by atoms with van der Waals surface area (Å²) >= 11 is 0. The van der Waals surface area contributed by atoms with E-state index in [1.807, 2.05) is 6.21 Å². The summed E-state index contributed by atoms with van der Waals surface area (Å²) in [5.74, 6) is -0.330. The second-order valence-corrected chi connectivity index (χ2v) is 8.49. The van der Waals surface area contributed by atoms with Gasteiger partial charge in [-0.25, -0.2) is 8.78 Å². The number of benzene rings is 1. The Balaban J connectivity index is 2.52. The summed E-state index contributed by atoms with van der Waals surface area (Å²) < 4.78 is 28.5. The average Bonchev–Trinajstić information content (AvgIpc) is 2.73. The Hall–Kier alpha value is -2.01. The lowest BCUT2D eigenvalue weighted by molar-refractivity contribution is 0.394. The van der Waals surface area contributed by atoms with Gasteiger partial charge in [0.05, 0.1) is 0 Å². The first-order valence-corrected chi connectivity index (χ1v) is 11.6. The number of aliphatic imine (C=N–C) groups is 1. The molecule has 5 heteroatoms. The number of nitrogens with zero attached hydrogens (tertiary/aromatic N) is 1. The zero-order chi connectivity index (χ0) is 23.1. The highest BCUT2D eigenvalue weighted by molar-refractivity contribution is 5.78. The van der Waals surface area contributed by atoms with Crippen LogP contribution in [0, 0.1) is 17.6 Å². The summed E-state index contributed by atoms with van der Waals surface area (Å²) in [7, 11) is 0. The molecule has 1 rings (SSSR count). The minimum Gasteiger partial charge on any atom is -0.404 e. The van der Waals surface area contributed by atoms with Crippen molar-refractivity contribution >= 4 is 6.21 Å². The molecule has 3 nitrogen and oxygen atoms in total. The number of hydrogen-bond donors (Lipinski definition) is 2. The van der Waals surface area contributed by atoms with Gasteiger partial charge in [0.15, 0.2) is 0 Å². The Morgan fingerprint density at radius 3 is 2.29 bits per heavy atom. The van der Waals surface area contributed by atoms with E-state index < -0.39 is 11.6 Å². The van der Waals surface area contributed by atoms with E-state index >= 15 is 0 Å². The molecular formula is C26H41F2N3. The molecule has 1 atom stereocenters. The summed E-state index contributed by atoms with van der Waals surface area (Å²) in [6, 6.07) is 2.95. The molecule has 0 aliphatic carbocycles. The Morgan fingerprint density at radius 1 is 1.10 bits per heavy atom. The highest BCUT2D eigenvalue weighted by Crippen LogP contribution is 2.23. The fraction of sp³-hybridized carbons (Fsp3) is 0.577. The van der Waals surface area contributed by atoms with Gasteiger partial charge in [-0.15, -0.1) is 0 Å². The van der Waals surface area contributed by atoms with Crippen LogP contribution in [0.15, 0.2) is 41.1 Å². The lowest BCUT2D eigenvalue weighted by Gasteiger charge is -2.16. The van der Waals surface area contributed by atoms with E-state index in [9.17, 15) is 8.78 Å². The zero-order valence-electron chi connectivity index (χ0n) is 19.4. The van der Waals surface area contributed by atoms with Crippen molar-refractivity contribution < 1.29 is 8.78 Å². The molecule has 0 bridgehead atoms. The third-order valence-electron chi connectivity index (χ3n) is 5.62. The van der Waals surface area contributed by atoms with Crippen molar-refractivity contribution in [3.63, 3.8) is 0 Å².